The van der Waals surface area contributed by atoms with Crippen LogP contribution in [-0.2, 0) is 4.79 Å². The summed E-state index contributed by atoms with van der Waals surface area (Å²) in [6.07, 6.45) is 3.28. The van der Waals surface area contributed by atoms with Gasteiger partial charge in [-0.2, -0.15) is 0 Å². The molecule has 1 rings (SSSR count). The molecule has 0 radical (unpaired) electrons. The van der Waals surface area contributed by atoms with Crippen molar-refractivity contribution in [3.8, 4) is 0 Å². The Balaban J connectivity index is 2.70. The fourth-order valence-corrected chi connectivity index (χ4v) is 1.56. The van der Waals surface area contributed by atoms with Crippen LogP contribution in [0.3, 0.4) is 0 Å². The summed E-state index contributed by atoms with van der Waals surface area (Å²) in [5, 5.41) is 0. The minimum absolute atomic E-state index is 0.190. The molecule has 0 aromatic rings. The molecular formula is C11H19NO. The van der Waals surface area contributed by atoms with E-state index in [0.29, 0.717) is 0 Å². The van der Waals surface area contributed by atoms with Gasteiger partial charge in [0.15, 0.2) is 0 Å². The van der Waals surface area contributed by atoms with E-state index in [0.717, 1.165) is 19.5 Å². The first-order chi connectivity index (χ1) is 5.91. The van der Waals surface area contributed by atoms with Crippen LogP contribution in [0.2, 0.25) is 0 Å². The molecule has 0 atom stereocenters. The lowest BCUT2D eigenvalue weighted by atomic mass is 9.84. The molecule has 0 fully saturated rings. The lowest BCUT2D eigenvalue weighted by Crippen LogP contribution is -2.36. The number of rotatable bonds is 0. The number of carbonyl (C=O) groups excluding carboxylic acids is 1. The maximum absolute atomic E-state index is 11.2. The predicted molar refractivity (Wildman–Crippen MR) is 54.4 cm³/mol. The van der Waals surface area contributed by atoms with Crippen molar-refractivity contribution < 1.29 is 4.79 Å². The van der Waals surface area contributed by atoms with Gasteiger partial charge in [-0.25, -0.2) is 0 Å². The van der Waals surface area contributed by atoms with Crippen LogP contribution in [0.1, 0.15) is 34.1 Å². The van der Waals surface area contributed by atoms with Gasteiger partial charge < -0.3 is 4.90 Å². The van der Waals surface area contributed by atoms with Crippen molar-refractivity contribution in [2.24, 2.45) is 5.41 Å². The minimum Gasteiger partial charge on any atom is -0.339 e. The first kappa shape index (κ1) is 10.3. The van der Waals surface area contributed by atoms with Gasteiger partial charge >= 0.3 is 0 Å². The van der Waals surface area contributed by atoms with E-state index in [1.165, 1.54) is 5.57 Å². The maximum Gasteiger partial charge on any atom is 0.219 e. The summed E-state index contributed by atoms with van der Waals surface area (Å²) in [6.45, 7) is 9.94. The first-order valence-electron chi connectivity index (χ1n) is 4.86. The molecule has 0 unspecified atom stereocenters. The molecule has 13 heavy (non-hydrogen) atoms. The summed E-state index contributed by atoms with van der Waals surface area (Å²) >= 11 is 0. The van der Waals surface area contributed by atoms with Gasteiger partial charge in [0.05, 0.1) is 0 Å². The van der Waals surface area contributed by atoms with E-state index in [-0.39, 0.29) is 11.3 Å². The van der Waals surface area contributed by atoms with Gasteiger partial charge in [-0.3, -0.25) is 4.79 Å². The van der Waals surface area contributed by atoms with E-state index in [9.17, 15) is 4.79 Å². The van der Waals surface area contributed by atoms with E-state index >= 15 is 0 Å². The zero-order chi connectivity index (χ0) is 10.1. The molecule has 1 heterocycles. The molecule has 0 aliphatic carbocycles. The monoisotopic (exact) mass is 181 g/mol. The predicted octanol–water partition coefficient (Wildman–Crippen LogP) is 2.21. The molecule has 0 aromatic carbocycles. The minimum atomic E-state index is 0.190. The summed E-state index contributed by atoms with van der Waals surface area (Å²) < 4.78 is 0. The van der Waals surface area contributed by atoms with Crippen molar-refractivity contribution in [3.63, 3.8) is 0 Å². The molecule has 0 saturated carbocycles. The highest BCUT2D eigenvalue weighted by Crippen LogP contribution is 2.28. The Hall–Kier alpha value is -0.790. The lowest BCUT2D eigenvalue weighted by Gasteiger charge is -2.32. The Labute approximate surface area is 80.6 Å². The molecule has 0 bridgehead atoms. The standard InChI is InChI=1S/C11H19NO/c1-9(13)12-7-5-6-10(8-12)11(2,3)4/h6H,5,7-8H2,1-4H3. The molecule has 0 spiro atoms. The fraction of sp³-hybridized carbons (Fsp3) is 0.727. The number of carbonyl (C=O) groups is 1. The highest BCUT2D eigenvalue weighted by molar-refractivity contribution is 5.73. The molecule has 0 aromatic heterocycles. The molecule has 2 heteroatoms. The summed E-state index contributed by atoms with van der Waals surface area (Å²) in [7, 11) is 0. The van der Waals surface area contributed by atoms with Crippen molar-refractivity contribution >= 4 is 5.91 Å². The molecule has 2 nitrogen and oxygen atoms in total. The molecular weight excluding hydrogens is 162 g/mol. The third-order valence-corrected chi connectivity index (χ3v) is 2.56. The Morgan fingerprint density at radius 1 is 1.46 bits per heavy atom. The van der Waals surface area contributed by atoms with Crippen LogP contribution in [0.5, 0.6) is 0 Å². The second-order valence-corrected chi connectivity index (χ2v) is 4.71. The van der Waals surface area contributed by atoms with E-state index in [2.05, 4.69) is 26.8 Å². The van der Waals surface area contributed by atoms with Crippen molar-refractivity contribution in [1.82, 2.24) is 4.90 Å². The summed E-state index contributed by atoms with van der Waals surface area (Å²) in [5.41, 5.74) is 1.59. The van der Waals surface area contributed by atoms with Gasteiger partial charge in [-0.15, -0.1) is 0 Å². The third kappa shape index (κ3) is 2.58. The number of hydrogen-bond donors (Lipinski definition) is 0. The lowest BCUT2D eigenvalue weighted by molar-refractivity contribution is -0.128. The van der Waals surface area contributed by atoms with Crippen LogP contribution in [0.4, 0.5) is 0 Å². The second-order valence-electron chi connectivity index (χ2n) is 4.71. The van der Waals surface area contributed by atoms with Gasteiger partial charge in [-0.05, 0) is 17.4 Å². The van der Waals surface area contributed by atoms with E-state index in [1.54, 1.807) is 6.92 Å². The molecule has 74 valence electrons. The van der Waals surface area contributed by atoms with Gasteiger partial charge in [-0.1, -0.05) is 26.8 Å². The maximum atomic E-state index is 11.2. The zero-order valence-corrected chi connectivity index (χ0v) is 9.05. The van der Waals surface area contributed by atoms with Crippen LogP contribution >= 0.6 is 0 Å². The van der Waals surface area contributed by atoms with Crippen molar-refractivity contribution in [2.45, 2.75) is 34.1 Å². The van der Waals surface area contributed by atoms with Crippen molar-refractivity contribution in [2.75, 3.05) is 13.1 Å². The third-order valence-electron chi connectivity index (χ3n) is 2.56. The molecule has 0 saturated heterocycles. The summed E-state index contributed by atoms with van der Waals surface area (Å²) in [6, 6.07) is 0. The Morgan fingerprint density at radius 3 is 2.54 bits per heavy atom. The van der Waals surface area contributed by atoms with E-state index in [4.69, 9.17) is 0 Å². The summed E-state index contributed by atoms with van der Waals surface area (Å²) in [4.78, 5) is 13.1. The molecule has 1 amide bonds. The van der Waals surface area contributed by atoms with Gasteiger partial charge in [0.2, 0.25) is 5.91 Å². The number of hydrogen-bond acceptors (Lipinski definition) is 1. The van der Waals surface area contributed by atoms with Crippen molar-refractivity contribution in [3.05, 3.63) is 11.6 Å². The molecule has 1 aliphatic rings. The molecule has 0 N–H and O–H groups in total. The largest absolute Gasteiger partial charge is 0.339 e. The Bertz CT molecular complexity index is 235. The van der Waals surface area contributed by atoms with Crippen LogP contribution in [0.25, 0.3) is 0 Å². The zero-order valence-electron chi connectivity index (χ0n) is 9.05. The highest BCUT2D eigenvalue weighted by Gasteiger charge is 2.23. The van der Waals surface area contributed by atoms with E-state index < -0.39 is 0 Å². The second kappa shape index (κ2) is 3.52. The molecule has 1 aliphatic heterocycles. The average molecular weight is 181 g/mol. The van der Waals surface area contributed by atoms with Crippen LogP contribution < -0.4 is 0 Å². The van der Waals surface area contributed by atoms with Crippen molar-refractivity contribution in [1.29, 1.82) is 0 Å². The highest BCUT2D eigenvalue weighted by atomic mass is 16.2. The Kier molecular flexibility index (Phi) is 2.79. The Morgan fingerprint density at radius 2 is 2.08 bits per heavy atom. The number of nitrogens with zero attached hydrogens (tertiary/aromatic N) is 1. The summed E-state index contributed by atoms with van der Waals surface area (Å²) in [5.74, 6) is 0.190. The van der Waals surface area contributed by atoms with Gasteiger partial charge in [0.25, 0.3) is 0 Å². The average Bonchev–Trinajstić information content (AvgIpc) is 2.03. The fourth-order valence-electron chi connectivity index (χ4n) is 1.56. The quantitative estimate of drug-likeness (QED) is 0.525. The SMILES string of the molecule is CC(=O)N1CCC=C(C(C)(C)C)C1. The van der Waals surface area contributed by atoms with Crippen LogP contribution in [0, 0.1) is 5.41 Å². The van der Waals surface area contributed by atoms with Crippen LogP contribution in [0.15, 0.2) is 11.6 Å². The smallest absolute Gasteiger partial charge is 0.219 e. The van der Waals surface area contributed by atoms with Crippen LogP contribution in [-0.4, -0.2) is 23.9 Å². The topological polar surface area (TPSA) is 20.3 Å². The van der Waals surface area contributed by atoms with E-state index in [1.807, 2.05) is 4.90 Å². The number of amides is 1. The van der Waals surface area contributed by atoms with Gasteiger partial charge in [0, 0.05) is 20.0 Å². The normalized spacial score (nSPS) is 18.5. The first-order valence-corrected chi connectivity index (χ1v) is 4.86. The van der Waals surface area contributed by atoms with Gasteiger partial charge in [0.1, 0.15) is 0 Å².